The number of aromatic nitrogens is 1. The third-order valence-corrected chi connectivity index (χ3v) is 3.83. The van der Waals surface area contributed by atoms with Crippen LogP contribution in [-0.4, -0.2) is 30.2 Å². The first-order chi connectivity index (χ1) is 8.41. The van der Waals surface area contributed by atoms with E-state index in [-0.39, 0.29) is 18.6 Å². The summed E-state index contributed by atoms with van der Waals surface area (Å²) in [6.45, 7) is 1.69. The van der Waals surface area contributed by atoms with Crippen molar-refractivity contribution in [2.24, 2.45) is 0 Å². The minimum atomic E-state index is -3.48. The molecule has 0 unspecified atom stereocenters. The van der Waals surface area contributed by atoms with E-state index < -0.39 is 22.0 Å². The summed E-state index contributed by atoms with van der Waals surface area (Å²) in [4.78, 5) is 14.4. The average Bonchev–Trinajstić information content (AvgIpc) is 2.28. The number of carboxylic acids is 1. The number of aliphatic carboxylic acids is 1. The normalized spacial score (nSPS) is 13.2. The number of carbonyl (C=O) groups is 1. The van der Waals surface area contributed by atoms with Gasteiger partial charge in [0, 0.05) is 12.6 Å². The first-order valence-corrected chi connectivity index (χ1v) is 7.18. The maximum atomic E-state index is 11.7. The molecule has 18 heavy (non-hydrogen) atoms. The Morgan fingerprint density at radius 1 is 1.50 bits per heavy atom. The summed E-state index contributed by atoms with van der Waals surface area (Å²) in [7, 11) is -3.48. The molecule has 0 aliphatic rings. The lowest BCUT2D eigenvalue weighted by molar-refractivity contribution is -0.137. The predicted octanol–water partition coefficient (Wildman–Crippen LogP) is 0.927. The van der Waals surface area contributed by atoms with E-state index in [2.05, 4.69) is 9.71 Å². The third kappa shape index (κ3) is 5.24. The van der Waals surface area contributed by atoms with Gasteiger partial charge in [0.2, 0.25) is 10.0 Å². The largest absolute Gasteiger partial charge is 0.481 e. The molecule has 0 saturated heterocycles. The van der Waals surface area contributed by atoms with Crippen LogP contribution in [0.3, 0.4) is 0 Å². The Balaban J connectivity index is 2.53. The smallest absolute Gasteiger partial charge is 0.303 e. The molecule has 0 saturated carbocycles. The zero-order valence-electron chi connectivity index (χ0n) is 10.0. The Labute approximate surface area is 106 Å². The zero-order chi connectivity index (χ0) is 13.6. The molecule has 1 aromatic heterocycles. The Bertz CT molecular complexity index is 487. The summed E-state index contributed by atoms with van der Waals surface area (Å²) in [5.41, 5.74) is 0.624. The van der Waals surface area contributed by atoms with Crippen LogP contribution < -0.4 is 4.72 Å². The fraction of sp³-hybridized carbons (Fsp3) is 0.455. The van der Waals surface area contributed by atoms with Gasteiger partial charge in [-0.2, -0.15) is 0 Å². The van der Waals surface area contributed by atoms with Gasteiger partial charge < -0.3 is 5.11 Å². The maximum Gasteiger partial charge on any atom is 0.303 e. The minimum absolute atomic E-state index is 0.0968. The van der Waals surface area contributed by atoms with E-state index >= 15 is 0 Å². The molecule has 2 N–H and O–H groups in total. The molecule has 0 bridgehead atoms. The molecule has 0 fully saturated rings. The Kier molecular flexibility index (Phi) is 5.24. The zero-order valence-corrected chi connectivity index (χ0v) is 10.9. The maximum absolute atomic E-state index is 11.7. The molecule has 0 aromatic carbocycles. The van der Waals surface area contributed by atoms with E-state index in [1.807, 2.05) is 0 Å². The van der Waals surface area contributed by atoms with Crippen LogP contribution in [0, 0.1) is 0 Å². The molecular formula is C11H16N2O4S. The van der Waals surface area contributed by atoms with E-state index in [0.717, 1.165) is 0 Å². The van der Waals surface area contributed by atoms with Crippen molar-refractivity contribution < 1.29 is 18.3 Å². The lowest BCUT2D eigenvalue weighted by Crippen LogP contribution is -2.29. The summed E-state index contributed by atoms with van der Waals surface area (Å²) in [6.07, 6.45) is 1.53. The third-order valence-electron chi connectivity index (χ3n) is 2.29. The van der Waals surface area contributed by atoms with E-state index in [0.29, 0.717) is 5.69 Å². The van der Waals surface area contributed by atoms with Crippen molar-refractivity contribution in [3.8, 4) is 0 Å². The van der Waals surface area contributed by atoms with Gasteiger partial charge in [0.15, 0.2) is 0 Å². The van der Waals surface area contributed by atoms with Crippen molar-refractivity contribution in [3.05, 3.63) is 30.1 Å². The molecule has 0 aliphatic carbocycles. The number of hydrogen-bond acceptors (Lipinski definition) is 4. The molecular weight excluding hydrogens is 256 g/mol. The van der Waals surface area contributed by atoms with E-state index in [1.54, 1.807) is 31.3 Å². The van der Waals surface area contributed by atoms with Crippen LogP contribution in [0.15, 0.2) is 24.4 Å². The molecule has 100 valence electrons. The molecule has 1 rings (SSSR count). The Morgan fingerprint density at radius 3 is 2.78 bits per heavy atom. The van der Waals surface area contributed by atoms with Gasteiger partial charge in [-0.3, -0.25) is 9.78 Å². The highest BCUT2D eigenvalue weighted by Crippen LogP contribution is 2.10. The predicted molar refractivity (Wildman–Crippen MR) is 66.4 cm³/mol. The highest BCUT2D eigenvalue weighted by Gasteiger charge is 2.16. The van der Waals surface area contributed by atoms with Crippen LogP contribution >= 0.6 is 0 Å². The highest BCUT2D eigenvalue weighted by molar-refractivity contribution is 7.89. The molecule has 1 heterocycles. The van der Waals surface area contributed by atoms with Crippen molar-refractivity contribution >= 4 is 16.0 Å². The summed E-state index contributed by atoms with van der Waals surface area (Å²) >= 11 is 0. The number of nitrogens with zero attached hydrogens (tertiary/aromatic N) is 1. The molecule has 6 nitrogen and oxygen atoms in total. The number of rotatable bonds is 7. The molecule has 0 spiro atoms. The molecule has 1 atom stereocenters. The van der Waals surface area contributed by atoms with Crippen molar-refractivity contribution in [3.63, 3.8) is 0 Å². The molecule has 1 aromatic rings. The first kappa shape index (κ1) is 14.6. The number of sulfonamides is 1. The number of hydrogen-bond donors (Lipinski definition) is 2. The van der Waals surface area contributed by atoms with E-state index in [4.69, 9.17) is 5.11 Å². The van der Waals surface area contributed by atoms with Crippen molar-refractivity contribution in [1.29, 1.82) is 0 Å². The standard InChI is InChI=1S/C11H16N2O4S/c1-9(10-5-2-3-7-12-10)13-18(16,17)8-4-6-11(14)15/h2-3,5,7,9,13H,4,6,8H2,1H3,(H,14,15)/t9-/m0/s1. The van der Waals surface area contributed by atoms with E-state index in [1.165, 1.54) is 0 Å². The van der Waals surface area contributed by atoms with Gasteiger partial charge in [-0.1, -0.05) is 6.07 Å². The van der Waals surface area contributed by atoms with Crippen LogP contribution in [0.1, 0.15) is 31.5 Å². The van der Waals surface area contributed by atoms with Gasteiger partial charge >= 0.3 is 5.97 Å². The second-order valence-electron chi connectivity index (χ2n) is 3.91. The van der Waals surface area contributed by atoms with Crippen LogP contribution in [0.5, 0.6) is 0 Å². The number of carboxylic acid groups (broad SMARTS) is 1. The van der Waals surface area contributed by atoms with Crippen LogP contribution in [0.4, 0.5) is 0 Å². The van der Waals surface area contributed by atoms with Crippen molar-refractivity contribution in [2.45, 2.75) is 25.8 Å². The topological polar surface area (TPSA) is 96.4 Å². The lowest BCUT2D eigenvalue weighted by Gasteiger charge is -2.13. The van der Waals surface area contributed by atoms with Gasteiger partial charge in [-0.15, -0.1) is 0 Å². The van der Waals surface area contributed by atoms with Crippen LogP contribution in [-0.2, 0) is 14.8 Å². The summed E-state index contributed by atoms with van der Waals surface area (Å²) in [5.74, 6) is -1.20. The quantitative estimate of drug-likeness (QED) is 0.769. The van der Waals surface area contributed by atoms with E-state index in [9.17, 15) is 13.2 Å². The fourth-order valence-electron chi connectivity index (χ4n) is 1.43. The lowest BCUT2D eigenvalue weighted by atomic mass is 10.2. The second kappa shape index (κ2) is 6.46. The fourth-order valence-corrected chi connectivity index (χ4v) is 2.74. The van der Waals surface area contributed by atoms with Gasteiger partial charge in [0.1, 0.15) is 0 Å². The second-order valence-corrected chi connectivity index (χ2v) is 5.78. The Morgan fingerprint density at radius 2 is 2.22 bits per heavy atom. The SMILES string of the molecule is C[C@H](NS(=O)(=O)CCCC(=O)O)c1ccccn1. The molecule has 7 heteroatoms. The van der Waals surface area contributed by atoms with Crippen LogP contribution in [0.2, 0.25) is 0 Å². The molecule has 0 radical (unpaired) electrons. The van der Waals surface area contributed by atoms with Crippen molar-refractivity contribution in [2.75, 3.05) is 5.75 Å². The summed E-state index contributed by atoms with van der Waals surface area (Å²) in [6, 6.07) is 4.82. The summed E-state index contributed by atoms with van der Waals surface area (Å²) in [5, 5.41) is 8.44. The van der Waals surface area contributed by atoms with Gasteiger partial charge in [0.25, 0.3) is 0 Å². The van der Waals surface area contributed by atoms with Gasteiger partial charge in [-0.05, 0) is 25.5 Å². The summed E-state index contributed by atoms with van der Waals surface area (Å²) < 4.78 is 25.8. The average molecular weight is 272 g/mol. The molecule has 0 amide bonds. The Hall–Kier alpha value is -1.47. The molecule has 0 aliphatic heterocycles. The first-order valence-electron chi connectivity index (χ1n) is 5.53. The minimum Gasteiger partial charge on any atom is -0.481 e. The number of pyridine rings is 1. The van der Waals surface area contributed by atoms with Crippen LogP contribution in [0.25, 0.3) is 0 Å². The number of nitrogens with one attached hydrogen (secondary N) is 1. The monoisotopic (exact) mass is 272 g/mol. The van der Waals surface area contributed by atoms with Crippen molar-refractivity contribution in [1.82, 2.24) is 9.71 Å². The van der Waals surface area contributed by atoms with Gasteiger partial charge in [0.05, 0.1) is 17.5 Å². The highest BCUT2D eigenvalue weighted by atomic mass is 32.2. The van der Waals surface area contributed by atoms with Gasteiger partial charge in [-0.25, -0.2) is 13.1 Å².